The molecule has 2 aromatic carbocycles. The van der Waals surface area contributed by atoms with Crippen molar-refractivity contribution in [2.45, 2.75) is 6.42 Å². The van der Waals surface area contributed by atoms with Gasteiger partial charge in [0, 0.05) is 22.2 Å². The monoisotopic (exact) mass is 352 g/mol. The zero-order chi connectivity index (χ0) is 16.9. The van der Waals surface area contributed by atoms with Crippen molar-refractivity contribution in [3.63, 3.8) is 0 Å². The van der Waals surface area contributed by atoms with E-state index in [9.17, 15) is 4.79 Å². The molecule has 118 valence electrons. The van der Waals surface area contributed by atoms with Crippen molar-refractivity contribution >= 4 is 34.5 Å². The number of amides is 1. The van der Waals surface area contributed by atoms with Crippen LogP contribution in [-0.4, -0.2) is 10.9 Å². The number of carbonyl (C=O) groups is 1. The number of terminal acetylenes is 1. The molecule has 1 heterocycles. The Morgan fingerprint density at radius 3 is 2.88 bits per heavy atom. The molecule has 3 aromatic rings. The summed E-state index contributed by atoms with van der Waals surface area (Å²) in [5, 5.41) is 6.15. The fraction of sp³-hybridized carbons (Fsp3) is 0.0526. The van der Waals surface area contributed by atoms with Crippen LogP contribution in [-0.2, 0) is 11.2 Å². The van der Waals surface area contributed by atoms with E-state index in [1.807, 2.05) is 41.8 Å². The van der Waals surface area contributed by atoms with Crippen LogP contribution in [0.15, 0.2) is 53.9 Å². The molecular weight excluding hydrogens is 340 g/mol. The van der Waals surface area contributed by atoms with Crippen LogP contribution in [0.4, 0.5) is 5.69 Å². The van der Waals surface area contributed by atoms with Gasteiger partial charge in [-0.1, -0.05) is 41.8 Å². The first-order valence-corrected chi connectivity index (χ1v) is 8.47. The highest BCUT2D eigenvalue weighted by molar-refractivity contribution is 7.13. The van der Waals surface area contributed by atoms with Crippen molar-refractivity contribution in [2.75, 3.05) is 5.32 Å². The summed E-state index contributed by atoms with van der Waals surface area (Å²) in [4.78, 5) is 16.7. The Hall–Kier alpha value is -2.61. The van der Waals surface area contributed by atoms with Crippen molar-refractivity contribution in [3.8, 4) is 22.9 Å². The Labute approximate surface area is 149 Å². The van der Waals surface area contributed by atoms with Crippen LogP contribution in [0, 0.1) is 12.3 Å². The summed E-state index contributed by atoms with van der Waals surface area (Å²) in [6.45, 7) is 0. The SMILES string of the molecule is C#Cc1cccc(NC(=O)Cc2csc(-c3ccccc3Cl)n2)c1. The predicted molar refractivity (Wildman–Crippen MR) is 99.3 cm³/mol. The smallest absolute Gasteiger partial charge is 0.230 e. The molecule has 0 saturated carbocycles. The Morgan fingerprint density at radius 2 is 2.08 bits per heavy atom. The maximum atomic E-state index is 12.2. The number of thiazole rings is 1. The summed E-state index contributed by atoms with van der Waals surface area (Å²) in [7, 11) is 0. The van der Waals surface area contributed by atoms with E-state index in [-0.39, 0.29) is 12.3 Å². The van der Waals surface area contributed by atoms with E-state index in [0.717, 1.165) is 16.1 Å². The van der Waals surface area contributed by atoms with Gasteiger partial charge in [0.2, 0.25) is 5.91 Å². The fourth-order valence-corrected chi connectivity index (χ4v) is 3.34. The van der Waals surface area contributed by atoms with E-state index >= 15 is 0 Å². The van der Waals surface area contributed by atoms with Gasteiger partial charge in [0.05, 0.1) is 17.1 Å². The van der Waals surface area contributed by atoms with Crippen LogP contribution in [0.25, 0.3) is 10.6 Å². The first kappa shape index (κ1) is 16.3. The first-order valence-electron chi connectivity index (χ1n) is 7.21. The number of aromatic nitrogens is 1. The summed E-state index contributed by atoms with van der Waals surface area (Å²) in [5.74, 6) is 2.40. The molecule has 3 nitrogen and oxygen atoms in total. The largest absolute Gasteiger partial charge is 0.326 e. The van der Waals surface area contributed by atoms with Crippen LogP contribution in [0.3, 0.4) is 0 Å². The number of nitrogens with one attached hydrogen (secondary N) is 1. The average Bonchev–Trinajstić information content (AvgIpc) is 3.03. The summed E-state index contributed by atoms with van der Waals surface area (Å²) in [6.07, 6.45) is 5.56. The maximum absolute atomic E-state index is 12.2. The lowest BCUT2D eigenvalue weighted by atomic mass is 10.2. The number of nitrogens with zero attached hydrogens (tertiary/aromatic N) is 1. The van der Waals surface area contributed by atoms with Gasteiger partial charge < -0.3 is 5.32 Å². The van der Waals surface area contributed by atoms with Crippen LogP contribution >= 0.6 is 22.9 Å². The van der Waals surface area contributed by atoms with Gasteiger partial charge in [0.1, 0.15) is 5.01 Å². The van der Waals surface area contributed by atoms with Crippen LogP contribution in [0.1, 0.15) is 11.3 Å². The van der Waals surface area contributed by atoms with Crippen molar-refractivity contribution in [1.82, 2.24) is 4.98 Å². The normalized spacial score (nSPS) is 10.2. The molecule has 5 heteroatoms. The third-order valence-corrected chi connectivity index (χ3v) is 4.56. The molecule has 0 saturated heterocycles. The predicted octanol–water partition coefficient (Wildman–Crippen LogP) is 4.63. The van der Waals surface area contributed by atoms with E-state index in [1.54, 1.807) is 12.1 Å². The van der Waals surface area contributed by atoms with Crippen molar-refractivity contribution in [3.05, 3.63) is 70.2 Å². The highest BCUT2D eigenvalue weighted by atomic mass is 35.5. The number of hydrogen-bond acceptors (Lipinski definition) is 3. The van der Waals surface area contributed by atoms with Gasteiger partial charge in [0.25, 0.3) is 0 Å². The molecule has 0 spiro atoms. The molecule has 0 radical (unpaired) electrons. The summed E-state index contributed by atoms with van der Waals surface area (Å²) < 4.78 is 0. The van der Waals surface area contributed by atoms with E-state index < -0.39 is 0 Å². The number of carbonyl (C=O) groups excluding carboxylic acids is 1. The quantitative estimate of drug-likeness (QED) is 0.696. The summed E-state index contributed by atoms with van der Waals surface area (Å²) in [6, 6.07) is 14.7. The number of benzene rings is 2. The van der Waals surface area contributed by atoms with Gasteiger partial charge in [-0.25, -0.2) is 4.98 Å². The third-order valence-electron chi connectivity index (χ3n) is 3.31. The molecule has 0 atom stereocenters. The standard InChI is InChI=1S/C19H13ClN2OS/c1-2-13-6-5-7-14(10-13)21-18(23)11-15-12-24-19(22-15)16-8-3-4-9-17(16)20/h1,3-10,12H,11H2,(H,21,23). The number of hydrogen-bond donors (Lipinski definition) is 1. The van der Waals surface area contributed by atoms with E-state index in [2.05, 4.69) is 16.2 Å². The highest BCUT2D eigenvalue weighted by Gasteiger charge is 2.11. The lowest BCUT2D eigenvalue weighted by Crippen LogP contribution is -2.14. The van der Waals surface area contributed by atoms with Gasteiger partial charge in [0.15, 0.2) is 0 Å². The Kier molecular flexibility index (Phi) is 4.95. The van der Waals surface area contributed by atoms with Crippen LogP contribution in [0.5, 0.6) is 0 Å². The molecule has 0 fully saturated rings. The van der Waals surface area contributed by atoms with E-state index in [1.165, 1.54) is 11.3 Å². The Bertz CT molecular complexity index is 927. The second-order valence-corrected chi connectivity index (χ2v) is 6.34. The topological polar surface area (TPSA) is 42.0 Å². The molecule has 24 heavy (non-hydrogen) atoms. The van der Waals surface area contributed by atoms with Gasteiger partial charge in [-0.15, -0.1) is 17.8 Å². The first-order chi connectivity index (χ1) is 11.7. The molecular formula is C19H13ClN2OS. The maximum Gasteiger partial charge on any atom is 0.230 e. The molecule has 0 unspecified atom stereocenters. The summed E-state index contributed by atoms with van der Waals surface area (Å²) >= 11 is 7.65. The number of rotatable bonds is 4. The lowest BCUT2D eigenvalue weighted by Gasteiger charge is -2.04. The molecule has 1 aromatic heterocycles. The van der Waals surface area contributed by atoms with Crippen molar-refractivity contribution in [1.29, 1.82) is 0 Å². The van der Waals surface area contributed by atoms with E-state index in [0.29, 0.717) is 16.4 Å². The Morgan fingerprint density at radius 1 is 1.25 bits per heavy atom. The van der Waals surface area contributed by atoms with Crippen molar-refractivity contribution in [2.24, 2.45) is 0 Å². The third kappa shape index (κ3) is 3.83. The Balaban J connectivity index is 1.69. The molecule has 1 amide bonds. The fourth-order valence-electron chi connectivity index (χ4n) is 2.20. The second kappa shape index (κ2) is 7.31. The van der Waals surface area contributed by atoms with Gasteiger partial charge in [-0.3, -0.25) is 4.79 Å². The van der Waals surface area contributed by atoms with Crippen LogP contribution < -0.4 is 5.32 Å². The minimum Gasteiger partial charge on any atom is -0.326 e. The number of halogens is 1. The van der Waals surface area contributed by atoms with E-state index in [4.69, 9.17) is 18.0 Å². The zero-order valence-electron chi connectivity index (χ0n) is 12.6. The van der Waals surface area contributed by atoms with Gasteiger partial charge >= 0.3 is 0 Å². The van der Waals surface area contributed by atoms with Gasteiger partial charge in [-0.05, 0) is 24.3 Å². The zero-order valence-corrected chi connectivity index (χ0v) is 14.2. The van der Waals surface area contributed by atoms with Crippen LogP contribution in [0.2, 0.25) is 5.02 Å². The lowest BCUT2D eigenvalue weighted by molar-refractivity contribution is -0.115. The minimum atomic E-state index is -0.139. The molecule has 0 aliphatic heterocycles. The molecule has 0 bridgehead atoms. The highest BCUT2D eigenvalue weighted by Crippen LogP contribution is 2.30. The second-order valence-electron chi connectivity index (χ2n) is 5.07. The van der Waals surface area contributed by atoms with Crippen molar-refractivity contribution < 1.29 is 4.79 Å². The summed E-state index contributed by atoms with van der Waals surface area (Å²) in [5.41, 5.74) is 2.98. The molecule has 3 rings (SSSR count). The minimum absolute atomic E-state index is 0.139. The number of anilines is 1. The molecule has 0 aliphatic carbocycles. The van der Waals surface area contributed by atoms with Gasteiger partial charge in [-0.2, -0.15) is 0 Å². The molecule has 1 N–H and O–H groups in total. The average molecular weight is 353 g/mol. The molecule has 0 aliphatic rings.